The molecule has 164 valence electrons. The Morgan fingerprint density at radius 2 is 1.39 bits per heavy atom. The van der Waals surface area contributed by atoms with Crippen LogP contribution in [0.15, 0.2) is 4.99 Å². The number of nitrogens with zero attached hydrogens (tertiary/aromatic N) is 2. The molecule has 6 nitrogen and oxygen atoms in total. The van der Waals surface area contributed by atoms with Gasteiger partial charge in [-0.15, -0.1) is 0 Å². The fraction of sp³-hybridized carbons (Fsp3) is 0.944. The zero-order valence-corrected chi connectivity index (χ0v) is 17.4. The zero-order chi connectivity index (χ0) is 20.6. The summed E-state index contributed by atoms with van der Waals surface area (Å²) >= 11 is 0. The van der Waals surface area contributed by atoms with Crippen LogP contribution in [-0.4, -0.2) is 57.4 Å². The fourth-order valence-corrected chi connectivity index (χ4v) is 4.93. The van der Waals surface area contributed by atoms with E-state index in [1.807, 2.05) is 0 Å². The SMILES string of the molecule is CN=C(NCC1CCCCCCC1)NCC1CCN(S(=O)(=O)C(F)(F)F)CC1. The van der Waals surface area contributed by atoms with Gasteiger partial charge in [0.2, 0.25) is 0 Å². The molecule has 0 amide bonds. The maximum Gasteiger partial charge on any atom is 0.511 e. The summed E-state index contributed by atoms with van der Waals surface area (Å²) in [5.41, 5.74) is -5.22. The lowest BCUT2D eigenvalue weighted by molar-refractivity contribution is -0.0496. The lowest BCUT2D eigenvalue weighted by atomic mass is 9.91. The molecule has 1 heterocycles. The molecule has 28 heavy (non-hydrogen) atoms. The van der Waals surface area contributed by atoms with E-state index in [-0.39, 0.29) is 19.0 Å². The van der Waals surface area contributed by atoms with Crippen LogP contribution in [0.3, 0.4) is 0 Å². The van der Waals surface area contributed by atoms with Crippen LogP contribution in [0, 0.1) is 11.8 Å². The van der Waals surface area contributed by atoms with Crippen LogP contribution in [0.4, 0.5) is 13.2 Å². The molecule has 2 fully saturated rings. The largest absolute Gasteiger partial charge is 0.511 e. The Balaban J connectivity index is 1.71. The van der Waals surface area contributed by atoms with Crippen LogP contribution in [0.2, 0.25) is 0 Å². The molecular formula is C18H33F3N4O2S. The first-order valence-corrected chi connectivity index (χ1v) is 11.7. The second-order valence-electron chi connectivity index (χ2n) is 7.84. The van der Waals surface area contributed by atoms with Gasteiger partial charge in [-0.2, -0.15) is 17.5 Å². The smallest absolute Gasteiger partial charge is 0.356 e. The predicted molar refractivity (Wildman–Crippen MR) is 104 cm³/mol. The number of sulfonamides is 1. The van der Waals surface area contributed by atoms with Crippen molar-refractivity contribution in [2.45, 2.75) is 63.3 Å². The Morgan fingerprint density at radius 1 is 0.929 bits per heavy atom. The molecule has 0 aromatic heterocycles. The van der Waals surface area contributed by atoms with Gasteiger partial charge in [-0.3, -0.25) is 4.99 Å². The van der Waals surface area contributed by atoms with E-state index < -0.39 is 15.5 Å². The quantitative estimate of drug-likeness (QED) is 0.523. The molecule has 2 N–H and O–H groups in total. The lowest BCUT2D eigenvalue weighted by Gasteiger charge is -2.32. The number of guanidine groups is 1. The Labute approximate surface area is 166 Å². The molecular weight excluding hydrogens is 393 g/mol. The van der Waals surface area contributed by atoms with E-state index in [0.29, 0.717) is 35.6 Å². The average Bonchev–Trinajstić information content (AvgIpc) is 2.62. The highest BCUT2D eigenvalue weighted by Gasteiger charge is 2.50. The van der Waals surface area contributed by atoms with Crippen molar-refractivity contribution in [1.29, 1.82) is 0 Å². The molecule has 2 aliphatic rings. The molecule has 0 bridgehead atoms. The second-order valence-corrected chi connectivity index (χ2v) is 9.77. The number of alkyl halides is 3. The first kappa shape index (κ1) is 23.3. The molecule has 0 radical (unpaired) electrons. The second kappa shape index (κ2) is 10.7. The summed E-state index contributed by atoms with van der Waals surface area (Å²) in [4.78, 5) is 4.22. The normalized spacial score (nSPS) is 22.5. The van der Waals surface area contributed by atoms with Gasteiger partial charge in [-0.05, 0) is 37.5 Å². The molecule has 0 unspecified atom stereocenters. The first-order valence-electron chi connectivity index (χ1n) is 10.2. The summed E-state index contributed by atoms with van der Waals surface area (Å²) in [5, 5.41) is 6.60. The molecule has 0 aromatic carbocycles. The highest BCUT2D eigenvalue weighted by Crippen LogP contribution is 2.30. The Bertz CT molecular complexity index is 594. The molecule has 0 aromatic rings. The molecule has 1 aliphatic heterocycles. The van der Waals surface area contributed by atoms with Crippen LogP contribution < -0.4 is 10.6 Å². The van der Waals surface area contributed by atoms with E-state index in [4.69, 9.17) is 0 Å². The zero-order valence-electron chi connectivity index (χ0n) is 16.6. The van der Waals surface area contributed by atoms with Crippen molar-refractivity contribution >= 4 is 16.0 Å². The summed E-state index contributed by atoms with van der Waals surface area (Å²) in [6, 6.07) is 0. The number of aliphatic imine (C=N–C) groups is 1. The van der Waals surface area contributed by atoms with Crippen LogP contribution in [0.1, 0.15) is 57.8 Å². The summed E-state index contributed by atoms with van der Waals surface area (Å²) in [6.45, 7) is 1.26. The highest BCUT2D eigenvalue weighted by molar-refractivity contribution is 7.90. The van der Waals surface area contributed by atoms with Crippen molar-refractivity contribution in [1.82, 2.24) is 14.9 Å². The first-order chi connectivity index (χ1) is 13.2. The van der Waals surface area contributed by atoms with E-state index in [1.54, 1.807) is 7.05 Å². The molecule has 10 heteroatoms. The molecule has 0 atom stereocenters. The minimum atomic E-state index is -5.22. The number of halogens is 3. The van der Waals surface area contributed by atoms with Crippen molar-refractivity contribution in [2.75, 3.05) is 33.2 Å². The van der Waals surface area contributed by atoms with E-state index in [2.05, 4.69) is 15.6 Å². The van der Waals surface area contributed by atoms with Crippen LogP contribution in [0.25, 0.3) is 0 Å². The summed E-state index contributed by atoms with van der Waals surface area (Å²) in [6.07, 6.45) is 9.79. The number of piperidine rings is 1. The van der Waals surface area contributed by atoms with E-state index in [0.717, 1.165) is 6.54 Å². The lowest BCUT2D eigenvalue weighted by Crippen LogP contribution is -2.47. The third-order valence-electron chi connectivity index (χ3n) is 5.77. The third kappa shape index (κ3) is 6.79. The Kier molecular flexibility index (Phi) is 8.85. The molecule has 1 aliphatic carbocycles. The molecule has 2 rings (SSSR count). The summed E-state index contributed by atoms with van der Waals surface area (Å²) < 4.78 is 61.4. The standard InChI is InChI=1S/C18H33F3N4O2S/c1-22-17(23-13-15-7-5-3-2-4-6-8-15)24-14-16-9-11-25(12-10-16)28(26,27)18(19,20)21/h15-16H,2-14H2,1H3,(H2,22,23,24). The van der Waals surface area contributed by atoms with Gasteiger partial charge in [0.15, 0.2) is 5.96 Å². The number of rotatable bonds is 5. The number of hydrogen-bond acceptors (Lipinski definition) is 3. The number of nitrogens with one attached hydrogen (secondary N) is 2. The minimum Gasteiger partial charge on any atom is -0.356 e. The van der Waals surface area contributed by atoms with Crippen LogP contribution in [0.5, 0.6) is 0 Å². The maximum atomic E-state index is 12.6. The molecule has 1 saturated carbocycles. The number of hydrogen-bond donors (Lipinski definition) is 2. The maximum absolute atomic E-state index is 12.6. The van der Waals surface area contributed by atoms with E-state index in [9.17, 15) is 21.6 Å². The van der Waals surface area contributed by atoms with Crippen molar-refractivity contribution in [3.63, 3.8) is 0 Å². The van der Waals surface area contributed by atoms with E-state index in [1.165, 1.54) is 44.9 Å². The topological polar surface area (TPSA) is 73.8 Å². The van der Waals surface area contributed by atoms with Gasteiger partial charge in [-0.25, -0.2) is 8.42 Å². The fourth-order valence-electron chi connectivity index (χ4n) is 3.95. The van der Waals surface area contributed by atoms with Crippen molar-refractivity contribution in [2.24, 2.45) is 16.8 Å². The van der Waals surface area contributed by atoms with Crippen molar-refractivity contribution < 1.29 is 21.6 Å². The predicted octanol–water partition coefficient (Wildman–Crippen LogP) is 3.07. The Hall–Kier alpha value is -1.03. The summed E-state index contributed by atoms with van der Waals surface area (Å²) in [7, 11) is -3.51. The average molecular weight is 427 g/mol. The van der Waals surface area contributed by atoms with Gasteiger partial charge in [0.1, 0.15) is 0 Å². The minimum absolute atomic E-state index is 0.0949. The Morgan fingerprint density at radius 3 is 1.86 bits per heavy atom. The third-order valence-corrected chi connectivity index (χ3v) is 7.40. The van der Waals surface area contributed by atoms with Gasteiger partial charge >= 0.3 is 15.5 Å². The van der Waals surface area contributed by atoms with Gasteiger partial charge < -0.3 is 10.6 Å². The monoisotopic (exact) mass is 426 g/mol. The van der Waals surface area contributed by atoms with Crippen LogP contribution in [-0.2, 0) is 10.0 Å². The van der Waals surface area contributed by atoms with Crippen molar-refractivity contribution in [3.05, 3.63) is 0 Å². The summed E-state index contributed by atoms with van der Waals surface area (Å²) in [5.74, 6) is 1.47. The van der Waals surface area contributed by atoms with Gasteiger partial charge in [0.05, 0.1) is 0 Å². The molecule has 1 saturated heterocycles. The van der Waals surface area contributed by atoms with Crippen molar-refractivity contribution in [3.8, 4) is 0 Å². The highest BCUT2D eigenvalue weighted by atomic mass is 32.2. The van der Waals surface area contributed by atoms with E-state index >= 15 is 0 Å². The van der Waals surface area contributed by atoms with Gasteiger partial charge in [0, 0.05) is 33.2 Å². The van der Waals surface area contributed by atoms with Crippen LogP contribution >= 0.6 is 0 Å². The van der Waals surface area contributed by atoms with Gasteiger partial charge in [-0.1, -0.05) is 32.1 Å². The molecule has 0 spiro atoms. The van der Waals surface area contributed by atoms with Gasteiger partial charge in [0.25, 0.3) is 0 Å².